The fourth-order valence-electron chi connectivity index (χ4n) is 3.52. The molecule has 2 aromatic carbocycles. The van der Waals surface area contributed by atoms with Gasteiger partial charge in [0.2, 0.25) is 0 Å². The molecule has 0 radical (unpaired) electrons. The van der Waals surface area contributed by atoms with Crippen LogP contribution >= 0.6 is 0 Å². The summed E-state index contributed by atoms with van der Waals surface area (Å²) in [5.74, 6) is 0.745. The lowest BCUT2D eigenvalue weighted by Crippen LogP contribution is -2.20. The number of aromatic nitrogens is 3. The number of phenols is 1. The largest absolute Gasteiger partial charge is 0.505 e. The highest BCUT2D eigenvalue weighted by Gasteiger charge is 2.27. The second-order valence-electron chi connectivity index (χ2n) is 9.93. The lowest BCUT2D eigenvalue weighted by molar-refractivity contribution is 0.436. The number of fused-ring (bicyclic) bond motifs is 1. The molecule has 0 amide bonds. The van der Waals surface area contributed by atoms with Crippen LogP contribution in [0, 0.1) is 0 Å². The third-order valence-corrected chi connectivity index (χ3v) is 6.36. The van der Waals surface area contributed by atoms with E-state index in [0.29, 0.717) is 11.6 Å². The zero-order valence-corrected chi connectivity index (χ0v) is 19.2. The summed E-state index contributed by atoms with van der Waals surface area (Å²) in [4.78, 5) is 1.60. The molecule has 1 heterocycles. The molecule has 3 aromatic rings. The molecule has 1 unspecified atom stereocenters. The van der Waals surface area contributed by atoms with Crippen LogP contribution in [0.4, 0.5) is 0 Å². The first-order chi connectivity index (χ1) is 13.5. The van der Waals surface area contributed by atoms with Gasteiger partial charge in [0.15, 0.2) is 0 Å². The Kier molecular flexibility index (Phi) is 5.50. The fraction of sp³-hybridized carbons (Fsp3) is 0.520. The topological polar surface area (TPSA) is 50.9 Å². The van der Waals surface area contributed by atoms with Crippen molar-refractivity contribution in [3.63, 3.8) is 0 Å². The molecule has 0 fully saturated rings. The number of hydrogen-bond acceptors (Lipinski definition) is 3. The van der Waals surface area contributed by atoms with Crippen LogP contribution in [-0.2, 0) is 10.8 Å². The Hall–Kier alpha value is -2.36. The highest BCUT2D eigenvalue weighted by molar-refractivity contribution is 5.75. The van der Waals surface area contributed by atoms with Gasteiger partial charge < -0.3 is 5.11 Å². The van der Waals surface area contributed by atoms with Gasteiger partial charge in [0, 0.05) is 5.56 Å². The van der Waals surface area contributed by atoms with Gasteiger partial charge in [0.05, 0.1) is 0 Å². The van der Waals surface area contributed by atoms with Crippen molar-refractivity contribution < 1.29 is 5.11 Å². The average Bonchev–Trinajstić information content (AvgIpc) is 3.09. The monoisotopic (exact) mass is 393 g/mol. The molecular weight excluding hydrogens is 358 g/mol. The Labute approximate surface area is 175 Å². The zero-order chi connectivity index (χ0) is 21.6. The van der Waals surface area contributed by atoms with Crippen molar-refractivity contribution in [2.45, 2.75) is 85.0 Å². The summed E-state index contributed by atoms with van der Waals surface area (Å²) >= 11 is 0. The van der Waals surface area contributed by atoms with Crippen LogP contribution < -0.4 is 0 Å². The van der Waals surface area contributed by atoms with Crippen LogP contribution in [-0.4, -0.2) is 20.1 Å². The maximum atomic E-state index is 11.1. The van der Waals surface area contributed by atoms with Crippen molar-refractivity contribution in [1.29, 1.82) is 0 Å². The lowest BCUT2D eigenvalue weighted by Gasteiger charge is -2.29. The average molecular weight is 394 g/mol. The van der Waals surface area contributed by atoms with Gasteiger partial charge in [-0.1, -0.05) is 67.5 Å². The SMILES string of the molecule is CCC(C)c1ccc2nn(-c3cc(C(C)(C)CC)cc(C(C)(C)C)c3O)nc2c1. The van der Waals surface area contributed by atoms with Crippen LogP contribution in [0.3, 0.4) is 0 Å². The molecule has 0 saturated heterocycles. The summed E-state index contributed by atoms with van der Waals surface area (Å²) < 4.78 is 0. The molecule has 0 bridgehead atoms. The fourth-order valence-corrected chi connectivity index (χ4v) is 3.52. The van der Waals surface area contributed by atoms with E-state index in [4.69, 9.17) is 5.10 Å². The van der Waals surface area contributed by atoms with Crippen LogP contribution in [0.25, 0.3) is 16.7 Å². The molecular formula is C25H35N3O. The van der Waals surface area contributed by atoms with Gasteiger partial charge in [-0.05, 0) is 58.9 Å². The van der Waals surface area contributed by atoms with Gasteiger partial charge in [-0.2, -0.15) is 0 Å². The maximum Gasteiger partial charge on any atom is 0.146 e. The van der Waals surface area contributed by atoms with E-state index in [1.165, 1.54) is 11.1 Å². The summed E-state index contributed by atoms with van der Waals surface area (Å²) in [6.45, 7) is 17.5. The van der Waals surface area contributed by atoms with Gasteiger partial charge in [-0.15, -0.1) is 15.0 Å². The Morgan fingerprint density at radius 2 is 1.62 bits per heavy atom. The van der Waals surface area contributed by atoms with Crippen LogP contribution in [0.1, 0.15) is 90.8 Å². The first-order valence-electron chi connectivity index (χ1n) is 10.7. The molecule has 3 rings (SSSR count). The predicted molar refractivity (Wildman–Crippen MR) is 121 cm³/mol. The summed E-state index contributed by atoms with van der Waals surface area (Å²) in [7, 11) is 0. The smallest absolute Gasteiger partial charge is 0.146 e. The van der Waals surface area contributed by atoms with E-state index in [1.807, 2.05) is 12.1 Å². The summed E-state index contributed by atoms with van der Waals surface area (Å²) in [5.41, 5.74) is 5.55. The number of phenolic OH excluding ortho intramolecular Hbond substituents is 1. The van der Waals surface area contributed by atoms with Gasteiger partial charge in [0.1, 0.15) is 22.5 Å². The molecule has 4 nitrogen and oxygen atoms in total. The van der Waals surface area contributed by atoms with E-state index in [-0.39, 0.29) is 16.6 Å². The molecule has 0 aliphatic rings. The summed E-state index contributed by atoms with van der Waals surface area (Å²) in [6, 6.07) is 10.5. The van der Waals surface area contributed by atoms with Gasteiger partial charge in [-0.3, -0.25) is 0 Å². The van der Waals surface area contributed by atoms with Crippen molar-refractivity contribution in [3.8, 4) is 11.4 Å². The molecule has 4 heteroatoms. The Balaban J connectivity index is 2.22. The quantitative estimate of drug-likeness (QED) is 0.529. The zero-order valence-electron chi connectivity index (χ0n) is 19.2. The van der Waals surface area contributed by atoms with Crippen molar-refractivity contribution in [1.82, 2.24) is 15.0 Å². The Morgan fingerprint density at radius 1 is 0.966 bits per heavy atom. The third kappa shape index (κ3) is 4.03. The molecule has 0 aliphatic carbocycles. The molecule has 0 spiro atoms. The second kappa shape index (κ2) is 7.47. The first kappa shape index (κ1) is 21.4. The molecule has 29 heavy (non-hydrogen) atoms. The van der Waals surface area contributed by atoms with E-state index in [9.17, 15) is 5.11 Å². The number of aromatic hydroxyl groups is 1. The van der Waals surface area contributed by atoms with Gasteiger partial charge in [0.25, 0.3) is 0 Å². The van der Waals surface area contributed by atoms with Crippen molar-refractivity contribution in [2.75, 3.05) is 0 Å². The van der Waals surface area contributed by atoms with E-state index < -0.39 is 0 Å². The minimum Gasteiger partial charge on any atom is -0.505 e. The van der Waals surface area contributed by atoms with E-state index in [1.54, 1.807) is 4.80 Å². The number of benzene rings is 2. The number of nitrogens with zero attached hydrogens (tertiary/aromatic N) is 3. The molecule has 1 aromatic heterocycles. The van der Waals surface area contributed by atoms with Crippen molar-refractivity contribution in [2.24, 2.45) is 0 Å². The van der Waals surface area contributed by atoms with Crippen molar-refractivity contribution >= 4 is 11.0 Å². The van der Waals surface area contributed by atoms with Crippen LogP contribution in [0.15, 0.2) is 30.3 Å². The molecule has 1 N–H and O–H groups in total. The van der Waals surface area contributed by atoms with E-state index in [0.717, 1.165) is 29.4 Å². The second-order valence-corrected chi connectivity index (χ2v) is 9.93. The normalized spacial score (nSPS) is 13.8. The molecule has 156 valence electrons. The summed E-state index contributed by atoms with van der Waals surface area (Å²) in [5, 5.41) is 20.6. The van der Waals surface area contributed by atoms with Crippen LogP contribution in [0.5, 0.6) is 5.75 Å². The molecule has 0 saturated carbocycles. The maximum absolute atomic E-state index is 11.1. The summed E-state index contributed by atoms with van der Waals surface area (Å²) in [6.07, 6.45) is 2.09. The third-order valence-electron chi connectivity index (χ3n) is 6.36. The Morgan fingerprint density at radius 3 is 2.21 bits per heavy atom. The molecule has 1 atom stereocenters. The number of hydrogen-bond donors (Lipinski definition) is 1. The van der Waals surface area contributed by atoms with Gasteiger partial charge in [-0.25, -0.2) is 0 Å². The number of rotatable bonds is 5. The van der Waals surface area contributed by atoms with E-state index >= 15 is 0 Å². The highest BCUT2D eigenvalue weighted by Crippen LogP contribution is 2.40. The standard InChI is InChI=1S/C25H35N3O/c1-9-16(3)17-11-12-20-21(13-17)27-28(26-20)22-15-18(25(7,8)10-2)14-19(23(22)29)24(4,5)6/h11-16,29H,9-10H2,1-8H3. The molecule has 0 aliphatic heterocycles. The van der Waals surface area contributed by atoms with Crippen molar-refractivity contribution in [3.05, 3.63) is 47.0 Å². The minimum absolute atomic E-state index is 0.00124. The van der Waals surface area contributed by atoms with Gasteiger partial charge >= 0.3 is 0 Å². The highest BCUT2D eigenvalue weighted by atomic mass is 16.3. The van der Waals surface area contributed by atoms with E-state index in [2.05, 4.69) is 78.7 Å². The Bertz CT molecular complexity index is 1020. The predicted octanol–water partition coefficient (Wildman–Crippen LogP) is 6.62. The minimum atomic E-state index is -0.186. The van der Waals surface area contributed by atoms with Crippen LogP contribution in [0.2, 0.25) is 0 Å². The lowest BCUT2D eigenvalue weighted by atomic mass is 9.77. The first-order valence-corrected chi connectivity index (χ1v) is 10.7.